The van der Waals surface area contributed by atoms with Crippen LogP contribution in [-0.2, 0) is 6.54 Å². The number of hydrogen-bond acceptors (Lipinski definition) is 3. The zero-order chi connectivity index (χ0) is 10.1. The molecule has 0 atom stereocenters. The average molecular weight is 193 g/mol. The highest BCUT2D eigenvalue weighted by atomic mass is 14.9. The lowest BCUT2D eigenvalue weighted by molar-refractivity contribution is 0.593. The number of rotatable bonds is 7. The Morgan fingerprint density at radius 2 is 2.14 bits per heavy atom. The summed E-state index contributed by atoms with van der Waals surface area (Å²) in [6.45, 7) is 4.14. The molecule has 0 aliphatic carbocycles. The van der Waals surface area contributed by atoms with Crippen molar-refractivity contribution in [2.45, 2.75) is 39.2 Å². The Morgan fingerprint density at radius 1 is 1.21 bits per heavy atom. The van der Waals surface area contributed by atoms with E-state index in [9.17, 15) is 0 Å². The summed E-state index contributed by atoms with van der Waals surface area (Å²) in [6, 6.07) is 0. The molecule has 78 valence electrons. The Bertz CT molecular complexity index is 223. The summed E-state index contributed by atoms with van der Waals surface area (Å²) in [4.78, 5) is 8.20. The molecule has 0 spiro atoms. The first kappa shape index (κ1) is 11.1. The summed E-state index contributed by atoms with van der Waals surface area (Å²) in [6.07, 6.45) is 10.5. The van der Waals surface area contributed by atoms with E-state index in [0.717, 1.165) is 18.8 Å². The van der Waals surface area contributed by atoms with Crippen LogP contribution in [0.2, 0.25) is 0 Å². The van der Waals surface area contributed by atoms with Gasteiger partial charge in [0, 0.05) is 25.1 Å². The lowest BCUT2D eigenvalue weighted by atomic mass is 10.2. The summed E-state index contributed by atoms with van der Waals surface area (Å²) in [5.41, 5.74) is 1.02. The van der Waals surface area contributed by atoms with Crippen LogP contribution in [0.4, 0.5) is 0 Å². The first-order chi connectivity index (χ1) is 6.93. The maximum absolute atomic E-state index is 4.19. The van der Waals surface area contributed by atoms with Crippen molar-refractivity contribution >= 4 is 0 Å². The molecule has 3 heteroatoms. The minimum absolute atomic E-state index is 0.833. The van der Waals surface area contributed by atoms with E-state index in [1.54, 1.807) is 18.6 Å². The van der Waals surface area contributed by atoms with Crippen LogP contribution in [-0.4, -0.2) is 16.5 Å². The number of nitrogens with one attached hydrogen (secondary N) is 1. The van der Waals surface area contributed by atoms with Crippen LogP contribution in [0.3, 0.4) is 0 Å². The van der Waals surface area contributed by atoms with Gasteiger partial charge in [-0.3, -0.25) is 9.97 Å². The van der Waals surface area contributed by atoms with E-state index in [0.29, 0.717) is 0 Å². The molecule has 1 N–H and O–H groups in total. The maximum atomic E-state index is 4.19. The van der Waals surface area contributed by atoms with Crippen LogP contribution in [0.1, 0.15) is 38.3 Å². The summed E-state index contributed by atoms with van der Waals surface area (Å²) in [7, 11) is 0. The smallest absolute Gasteiger partial charge is 0.0724 e. The minimum Gasteiger partial charge on any atom is -0.311 e. The van der Waals surface area contributed by atoms with Gasteiger partial charge in [-0.15, -0.1) is 0 Å². The van der Waals surface area contributed by atoms with Gasteiger partial charge in [0.15, 0.2) is 0 Å². The van der Waals surface area contributed by atoms with Gasteiger partial charge in [0.1, 0.15) is 0 Å². The van der Waals surface area contributed by atoms with Gasteiger partial charge in [-0.2, -0.15) is 0 Å². The van der Waals surface area contributed by atoms with Gasteiger partial charge >= 0.3 is 0 Å². The first-order valence-corrected chi connectivity index (χ1v) is 5.39. The molecule has 0 saturated heterocycles. The third-order valence-electron chi connectivity index (χ3n) is 2.13. The molecule has 1 aromatic rings. The van der Waals surface area contributed by atoms with Crippen LogP contribution in [0.15, 0.2) is 18.6 Å². The van der Waals surface area contributed by atoms with Crippen molar-refractivity contribution in [3.05, 3.63) is 24.3 Å². The molecular weight excluding hydrogens is 174 g/mol. The molecule has 0 aromatic carbocycles. The predicted octanol–water partition coefficient (Wildman–Crippen LogP) is 2.15. The highest BCUT2D eigenvalue weighted by Crippen LogP contribution is 1.97. The second kappa shape index (κ2) is 7.44. The number of aromatic nitrogens is 2. The molecule has 14 heavy (non-hydrogen) atoms. The van der Waals surface area contributed by atoms with Crippen molar-refractivity contribution in [2.75, 3.05) is 6.54 Å². The van der Waals surface area contributed by atoms with E-state index in [-0.39, 0.29) is 0 Å². The largest absolute Gasteiger partial charge is 0.311 e. The van der Waals surface area contributed by atoms with Gasteiger partial charge in [0.25, 0.3) is 0 Å². The van der Waals surface area contributed by atoms with Gasteiger partial charge in [0.05, 0.1) is 5.69 Å². The van der Waals surface area contributed by atoms with Crippen LogP contribution >= 0.6 is 0 Å². The van der Waals surface area contributed by atoms with E-state index >= 15 is 0 Å². The van der Waals surface area contributed by atoms with Gasteiger partial charge in [-0.1, -0.05) is 26.2 Å². The number of nitrogens with zero attached hydrogens (tertiary/aromatic N) is 2. The maximum Gasteiger partial charge on any atom is 0.0724 e. The lowest BCUT2D eigenvalue weighted by Crippen LogP contribution is -2.15. The van der Waals surface area contributed by atoms with E-state index in [2.05, 4.69) is 22.2 Å². The fourth-order valence-corrected chi connectivity index (χ4v) is 1.31. The summed E-state index contributed by atoms with van der Waals surface area (Å²) < 4.78 is 0. The first-order valence-electron chi connectivity index (χ1n) is 5.39. The van der Waals surface area contributed by atoms with Crippen LogP contribution in [0, 0.1) is 0 Å². The molecule has 0 saturated carbocycles. The standard InChI is InChI=1S/C11H19N3/c1-2-3-4-5-6-12-9-11-10-13-7-8-14-11/h7-8,10,12H,2-6,9H2,1H3. The zero-order valence-electron chi connectivity index (χ0n) is 8.87. The van der Waals surface area contributed by atoms with Gasteiger partial charge in [0.2, 0.25) is 0 Å². The third-order valence-corrected chi connectivity index (χ3v) is 2.13. The minimum atomic E-state index is 0.833. The zero-order valence-corrected chi connectivity index (χ0v) is 8.87. The van der Waals surface area contributed by atoms with Crippen LogP contribution < -0.4 is 5.32 Å². The molecule has 0 fully saturated rings. The highest BCUT2D eigenvalue weighted by molar-refractivity contribution is 4.93. The normalized spacial score (nSPS) is 10.4. The van der Waals surface area contributed by atoms with Crippen molar-refractivity contribution in [1.82, 2.24) is 15.3 Å². The molecule has 1 rings (SSSR count). The topological polar surface area (TPSA) is 37.8 Å². The van der Waals surface area contributed by atoms with Crippen molar-refractivity contribution < 1.29 is 0 Å². The lowest BCUT2D eigenvalue weighted by Gasteiger charge is -2.02. The quantitative estimate of drug-likeness (QED) is 0.674. The van der Waals surface area contributed by atoms with Crippen molar-refractivity contribution in [1.29, 1.82) is 0 Å². The molecule has 0 radical (unpaired) electrons. The Labute approximate surface area is 86.0 Å². The summed E-state index contributed by atoms with van der Waals surface area (Å²) >= 11 is 0. The molecule has 0 bridgehead atoms. The van der Waals surface area contributed by atoms with Gasteiger partial charge < -0.3 is 5.32 Å². The second-order valence-corrected chi connectivity index (χ2v) is 3.43. The summed E-state index contributed by atoms with van der Waals surface area (Å²) in [5, 5.41) is 3.36. The van der Waals surface area contributed by atoms with Crippen LogP contribution in [0.5, 0.6) is 0 Å². The van der Waals surface area contributed by atoms with Gasteiger partial charge in [-0.05, 0) is 13.0 Å². The molecule has 3 nitrogen and oxygen atoms in total. The molecule has 0 aliphatic heterocycles. The highest BCUT2D eigenvalue weighted by Gasteiger charge is 1.92. The Balaban J connectivity index is 1.99. The van der Waals surface area contributed by atoms with E-state index in [1.807, 2.05) is 0 Å². The fourth-order valence-electron chi connectivity index (χ4n) is 1.31. The SMILES string of the molecule is CCCCCCNCc1cnccn1. The van der Waals surface area contributed by atoms with E-state index in [1.165, 1.54) is 25.7 Å². The van der Waals surface area contributed by atoms with E-state index in [4.69, 9.17) is 0 Å². The third kappa shape index (κ3) is 4.92. The molecule has 0 unspecified atom stereocenters. The monoisotopic (exact) mass is 193 g/mol. The van der Waals surface area contributed by atoms with E-state index < -0.39 is 0 Å². The molecule has 1 heterocycles. The molecule has 0 aliphatic rings. The Kier molecular flexibility index (Phi) is 5.91. The van der Waals surface area contributed by atoms with Crippen molar-refractivity contribution in [2.24, 2.45) is 0 Å². The van der Waals surface area contributed by atoms with Gasteiger partial charge in [-0.25, -0.2) is 0 Å². The average Bonchev–Trinajstić information content (AvgIpc) is 2.25. The van der Waals surface area contributed by atoms with Crippen LogP contribution in [0.25, 0.3) is 0 Å². The Morgan fingerprint density at radius 3 is 2.86 bits per heavy atom. The molecule has 1 aromatic heterocycles. The molecular formula is C11H19N3. The number of unbranched alkanes of at least 4 members (excludes halogenated alkanes) is 3. The molecule has 0 amide bonds. The Hall–Kier alpha value is -0.960. The van der Waals surface area contributed by atoms with Crippen molar-refractivity contribution in [3.8, 4) is 0 Å². The van der Waals surface area contributed by atoms with Crippen molar-refractivity contribution in [3.63, 3.8) is 0 Å². The predicted molar refractivity (Wildman–Crippen MR) is 57.9 cm³/mol. The fraction of sp³-hybridized carbons (Fsp3) is 0.636. The second-order valence-electron chi connectivity index (χ2n) is 3.43. The number of hydrogen-bond donors (Lipinski definition) is 1. The summed E-state index contributed by atoms with van der Waals surface area (Å²) in [5.74, 6) is 0.